The molecule has 3 rings (SSSR count). The van der Waals surface area contributed by atoms with E-state index in [1.165, 1.54) is 16.7 Å². The summed E-state index contributed by atoms with van der Waals surface area (Å²) in [4.78, 5) is 14.2. The highest BCUT2D eigenvalue weighted by Gasteiger charge is 2.28. The molecule has 0 aromatic heterocycles. The molecular formula is C22H21Cl2NO4S2. The summed E-state index contributed by atoms with van der Waals surface area (Å²) in [5.41, 5.74) is 1.69. The van der Waals surface area contributed by atoms with E-state index in [1.54, 1.807) is 32.4 Å². The van der Waals surface area contributed by atoms with Crippen LogP contribution in [-0.4, -0.2) is 42.5 Å². The van der Waals surface area contributed by atoms with Gasteiger partial charge < -0.3 is 14.2 Å². The van der Waals surface area contributed by atoms with E-state index in [0.29, 0.717) is 50.4 Å². The molecule has 0 spiro atoms. The molecule has 1 saturated heterocycles. The van der Waals surface area contributed by atoms with Crippen LogP contribution in [0.3, 0.4) is 0 Å². The number of carbonyl (C=O) groups is 1. The third-order valence-corrected chi connectivity index (χ3v) is 6.66. The summed E-state index contributed by atoms with van der Waals surface area (Å²) in [6.45, 7) is 2.81. The van der Waals surface area contributed by atoms with Gasteiger partial charge in [0.15, 0.2) is 11.5 Å². The van der Waals surface area contributed by atoms with Gasteiger partial charge in [0.25, 0.3) is 5.91 Å². The SMILES string of the molecule is COc1cc(/C=C2\SC(=S)N(C)C2=O)cc(Cl)c1OCCCOc1ccc(Cl)c(C)c1. The van der Waals surface area contributed by atoms with Gasteiger partial charge in [0, 0.05) is 18.5 Å². The van der Waals surface area contributed by atoms with Gasteiger partial charge in [-0.25, -0.2) is 0 Å². The molecule has 2 aromatic carbocycles. The van der Waals surface area contributed by atoms with Crippen molar-refractivity contribution in [3.63, 3.8) is 0 Å². The molecule has 0 aliphatic carbocycles. The molecule has 0 bridgehead atoms. The topological polar surface area (TPSA) is 48.0 Å². The zero-order chi connectivity index (χ0) is 22.5. The Balaban J connectivity index is 1.61. The number of carbonyl (C=O) groups excluding carboxylic acids is 1. The summed E-state index contributed by atoms with van der Waals surface area (Å²) >= 11 is 18.9. The van der Waals surface area contributed by atoms with Gasteiger partial charge in [0.1, 0.15) is 10.1 Å². The molecule has 2 aromatic rings. The second kappa shape index (κ2) is 10.6. The average molecular weight is 498 g/mol. The Hall–Kier alpha value is -1.93. The second-order valence-electron chi connectivity index (χ2n) is 6.74. The van der Waals surface area contributed by atoms with E-state index in [9.17, 15) is 4.79 Å². The number of hydrogen-bond acceptors (Lipinski definition) is 6. The van der Waals surface area contributed by atoms with Crippen LogP contribution in [0, 0.1) is 6.92 Å². The first-order valence-corrected chi connectivity index (χ1v) is 11.4. The third-order valence-electron chi connectivity index (χ3n) is 4.47. The van der Waals surface area contributed by atoms with Crippen molar-refractivity contribution in [2.45, 2.75) is 13.3 Å². The van der Waals surface area contributed by atoms with Crippen molar-refractivity contribution in [3.05, 3.63) is 56.4 Å². The fourth-order valence-electron chi connectivity index (χ4n) is 2.79. The number of thiocarbonyl (C=S) groups is 1. The third kappa shape index (κ3) is 5.86. The molecule has 1 heterocycles. The van der Waals surface area contributed by atoms with Crippen LogP contribution in [0.25, 0.3) is 6.08 Å². The Morgan fingerprint density at radius 3 is 2.52 bits per heavy atom. The summed E-state index contributed by atoms with van der Waals surface area (Å²) in [6.07, 6.45) is 2.39. The number of likely N-dealkylation sites (N-methyl/N-ethyl adjacent to an activating group) is 1. The van der Waals surface area contributed by atoms with Gasteiger partial charge in [-0.3, -0.25) is 9.69 Å². The van der Waals surface area contributed by atoms with Gasteiger partial charge in [0.2, 0.25) is 0 Å². The second-order valence-corrected chi connectivity index (χ2v) is 9.23. The molecule has 0 radical (unpaired) electrons. The highest BCUT2D eigenvalue weighted by Crippen LogP contribution is 2.38. The van der Waals surface area contributed by atoms with E-state index in [4.69, 9.17) is 49.6 Å². The Bertz CT molecular complexity index is 1040. The first-order valence-electron chi connectivity index (χ1n) is 9.41. The number of ether oxygens (including phenoxy) is 3. The monoisotopic (exact) mass is 497 g/mol. The Morgan fingerprint density at radius 2 is 1.87 bits per heavy atom. The van der Waals surface area contributed by atoms with Crippen molar-refractivity contribution in [3.8, 4) is 17.2 Å². The zero-order valence-electron chi connectivity index (χ0n) is 17.2. The van der Waals surface area contributed by atoms with Crippen molar-refractivity contribution in [2.24, 2.45) is 0 Å². The van der Waals surface area contributed by atoms with E-state index in [2.05, 4.69) is 0 Å². The summed E-state index contributed by atoms with van der Waals surface area (Å²) in [5, 5.41) is 1.11. The number of benzene rings is 2. The standard InChI is InChI=1S/C22H21Cl2NO4S2/c1-13-9-15(5-6-16(13)23)28-7-4-8-29-20-17(24)10-14(11-18(20)27-3)12-19-21(26)25(2)22(30)31-19/h5-6,9-12H,4,7-8H2,1-3H3/b19-12-. The van der Waals surface area contributed by atoms with Crippen LogP contribution in [-0.2, 0) is 4.79 Å². The maximum Gasteiger partial charge on any atom is 0.265 e. The van der Waals surface area contributed by atoms with E-state index in [0.717, 1.165) is 16.9 Å². The first kappa shape index (κ1) is 23.7. The quantitative estimate of drug-likeness (QED) is 0.253. The van der Waals surface area contributed by atoms with E-state index in [-0.39, 0.29) is 5.91 Å². The highest BCUT2D eigenvalue weighted by molar-refractivity contribution is 8.26. The van der Waals surface area contributed by atoms with Crippen molar-refractivity contribution >= 4 is 63.5 Å². The summed E-state index contributed by atoms with van der Waals surface area (Å²) < 4.78 is 17.5. The lowest BCUT2D eigenvalue weighted by molar-refractivity contribution is -0.121. The largest absolute Gasteiger partial charge is 0.493 e. The average Bonchev–Trinajstić information content (AvgIpc) is 2.97. The smallest absolute Gasteiger partial charge is 0.265 e. The number of aryl methyl sites for hydroxylation is 1. The van der Waals surface area contributed by atoms with Crippen LogP contribution in [0.4, 0.5) is 0 Å². The molecule has 5 nitrogen and oxygen atoms in total. The molecule has 1 amide bonds. The highest BCUT2D eigenvalue weighted by atomic mass is 35.5. The molecule has 1 aliphatic rings. The molecule has 1 fully saturated rings. The zero-order valence-corrected chi connectivity index (χ0v) is 20.4. The van der Waals surface area contributed by atoms with Crippen LogP contribution < -0.4 is 14.2 Å². The normalized spacial score (nSPS) is 15.0. The van der Waals surface area contributed by atoms with Crippen molar-refractivity contribution in [1.29, 1.82) is 0 Å². The fourth-order valence-corrected chi connectivity index (χ4v) is 4.36. The number of methoxy groups -OCH3 is 1. The number of thioether (sulfide) groups is 1. The van der Waals surface area contributed by atoms with Gasteiger partial charge in [-0.05, 0) is 54.5 Å². The van der Waals surface area contributed by atoms with Crippen molar-refractivity contribution in [2.75, 3.05) is 27.4 Å². The Labute approximate surface area is 201 Å². The van der Waals surface area contributed by atoms with E-state index < -0.39 is 0 Å². The predicted octanol–water partition coefficient (Wildman–Crippen LogP) is 5.99. The maximum atomic E-state index is 12.2. The number of rotatable bonds is 8. The number of hydrogen-bond donors (Lipinski definition) is 0. The molecular weight excluding hydrogens is 477 g/mol. The molecule has 0 N–H and O–H groups in total. The molecule has 0 saturated carbocycles. The predicted molar refractivity (Wildman–Crippen MR) is 131 cm³/mol. The van der Waals surface area contributed by atoms with E-state index >= 15 is 0 Å². The fraction of sp³-hybridized carbons (Fsp3) is 0.273. The molecule has 0 unspecified atom stereocenters. The summed E-state index contributed by atoms with van der Waals surface area (Å²) in [5.74, 6) is 1.56. The number of amides is 1. The van der Waals surface area contributed by atoms with Gasteiger partial charge >= 0.3 is 0 Å². The first-order chi connectivity index (χ1) is 14.8. The number of halogens is 2. The van der Waals surface area contributed by atoms with Crippen LogP contribution in [0.2, 0.25) is 10.0 Å². The minimum absolute atomic E-state index is 0.138. The minimum atomic E-state index is -0.138. The Morgan fingerprint density at radius 1 is 1.13 bits per heavy atom. The van der Waals surface area contributed by atoms with E-state index in [1.807, 2.05) is 25.1 Å². The lowest BCUT2D eigenvalue weighted by Crippen LogP contribution is -2.22. The van der Waals surface area contributed by atoms with Crippen LogP contribution in [0.5, 0.6) is 17.2 Å². The lowest BCUT2D eigenvalue weighted by atomic mass is 10.2. The lowest BCUT2D eigenvalue weighted by Gasteiger charge is -2.14. The van der Waals surface area contributed by atoms with Crippen LogP contribution >= 0.6 is 47.2 Å². The Kier molecular flexibility index (Phi) is 8.11. The molecule has 164 valence electrons. The van der Waals surface area contributed by atoms with Crippen molar-refractivity contribution in [1.82, 2.24) is 4.90 Å². The molecule has 31 heavy (non-hydrogen) atoms. The van der Waals surface area contributed by atoms with Gasteiger partial charge in [-0.1, -0.05) is 47.2 Å². The molecule has 1 aliphatic heterocycles. The number of nitrogens with zero attached hydrogens (tertiary/aromatic N) is 1. The van der Waals surface area contributed by atoms with Gasteiger partial charge in [-0.15, -0.1) is 0 Å². The van der Waals surface area contributed by atoms with Crippen LogP contribution in [0.15, 0.2) is 35.2 Å². The van der Waals surface area contributed by atoms with Crippen molar-refractivity contribution < 1.29 is 19.0 Å². The molecule has 0 atom stereocenters. The maximum absolute atomic E-state index is 12.2. The minimum Gasteiger partial charge on any atom is -0.493 e. The molecule has 9 heteroatoms. The summed E-state index contributed by atoms with van der Waals surface area (Å²) in [6, 6.07) is 9.05. The van der Waals surface area contributed by atoms with Crippen LogP contribution in [0.1, 0.15) is 17.5 Å². The summed E-state index contributed by atoms with van der Waals surface area (Å²) in [7, 11) is 3.20. The van der Waals surface area contributed by atoms with Gasteiger partial charge in [-0.2, -0.15) is 0 Å². The van der Waals surface area contributed by atoms with Gasteiger partial charge in [0.05, 0.1) is 30.3 Å².